The Balaban J connectivity index is 2.21. The molecule has 0 saturated carbocycles. The highest BCUT2D eigenvalue weighted by Crippen LogP contribution is 2.34. The molecule has 3 rings (SSSR count). The Kier molecular flexibility index (Phi) is 1.98. The van der Waals surface area contributed by atoms with Crippen LogP contribution in [-0.2, 0) is 0 Å². The molecule has 84 valence electrons. The Morgan fingerprint density at radius 1 is 1.12 bits per heavy atom. The molecule has 0 fully saturated rings. The topological polar surface area (TPSA) is 68.7 Å². The lowest BCUT2D eigenvalue weighted by molar-refractivity contribution is 0.0696. The lowest BCUT2D eigenvalue weighted by Gasteiger charge is -2.12. The summed E-state index contributed by atoms with van der Waals surface area (Å²) in [6.07, 6.45) is 4.17. The van der Waals surface area contributed by atoms with E-state index in [9.17, 15) is 4.79 Å². The normalized spacial score (nSPS) is 12.7. The van der Waals surface area contributed by atoms with Gasteiger partial charge in [0.15, 0.2) is 11.5 Å². The van der Waals surface area contributed by atoms with E-state index in [1.165, 1.54) is 18.7 Å². The van der Waals surface area contributed by atoms with E-state index in [0.29, 0.717) is 22.4 Å². The Bertz CT molecular complexity index is 648. The minimum atomic E-state index is -1.01. The molecule has 0 atom stereocenters. The first-order valence-electron chi connectivity index (χ1n) is 4.89. The van der Waals surface area contributed by atoms with Crippen molar-refractivity contribution in [1.29, 1.82) is 0 Å². The van der Waals surface area contributed by atoms with E-state index < -0.39 is 5.97 Å². The standard InChI is InChI=1S/C12H7NO4/c14-12(15)8-3-7-4-10-11(17-2-1-16-10)5-9(7)13-6-8/h1-6H,(H,14,15). The van der Waals surface area contributed by atoms with Crippen LogP contribution >= 0.6 is 0 Å². The van der Waals surface area contributed by atoms with Crippen LogP contribution in [-0.4, -0.2) is 16.1 Å². The summed E-state index contributed by atoms with van der Waals surface area (Å²) in [6, 6.07) is 4.96. The van der Waals surface area contributed by atoms with Crippen LogP contribution < -0.4 is 9.47 Å². The molecule has 0 saturated heterocycles. The van der Waals surface area contributed by atoms with Crippen LogP contribution in [0.1, 0.15) is 10.4 Å². The molecule has 5 heteroatoms. The van der Waals surface area contributed by atoms with Gasteiger partial charge in [-0.05, 0) is 12.1 Å². The van der Waals surface area contributed by atoms with Crippen LogP contribution in [0.5, 0.6) is 11.5 Å². The third-order valence-electron chi connectivity index (χ3n) is 2.44. The maximum atomic E-state index is 10.8. The Morgan fingerprint density at radius 3 is 2.53 bits per heavy atom. The molecule has 0 radical (unpaired) electrons. The molecular weight excluding hydrogens is 222 g/mol. The van der Waals surface area contributed by atoms with Gasteiger partial charge in [0.1, 0.15) is 12.5 Å². The first-order chi connectivity index (χ1) is 8.24. The van der Waals surface area contributed by atoms with Gasteiger partial charge in [-0.2, -0.15) is 0 Å². The summed E-state index contributed by atoms with van der Waals surface area (Å²) in [5.41, 5.74) is 0.803. The van der Waals surface area contributed by atoms with Crippen molar-refractivity contribution in [2.75, 3.05) is 0 Å². The third kappa shape index (κ3) is 1.57. The largest absolute Gasteiger partial charge is 0.478 e. The number of carboxylic acid groups (broad SMARTS) is 1. The summed E-state index contributed by atoms with van der Waals surface area (Å²) in [5, 5.41) is 9.57. The maximum Gasteiger partial charge on any atom is 0.337 e. The highest BCUT2D eigenvalue weighted by atomic mass is 16.5. The van der Waals surface area contributed by atoms with Gasteiger partial charge in [0, 0.05) is 17.6 Å². The Labute approximate surface area is 95.9 Å². The molecule has 0 spiro atoms. The molecule has 0 unspecified atom stereocenters. The fourth-order valence-corrected chi connectivity index (χ4v) is 1.64. The van der Waals surface area contributed by atoms with Crippen molar-refractivity contribution < 1.29 is 19.4 Å². The van der Waals surface area contributed by atoms with Gasteiger partial charge in [0.25, 0.3) is 0 Å². The zero-order valence-corrected chi connectivity index (χ0v) is 8.58. The van der Waals surface area contributed by atoms with Crippen molar-refractivity contribution in [1.82, 2.24) is 4.98 Å². The molecule has 1 aromatic heterocycles. The van der Waals surface area contributed by atoms with Gasteiger partial charge in [-0.15, -0.1) is 0 Å². The Morgan fingerprint density at radius 2 is 1.82 bits per heavy atom. The molecule has 5 nitrogen and oxygen atoms in total. The second kappa shape index (κ2) is 3.48. The van der Waals surface area contributed by atoms with Gasteiger partial charge in [0.2, 0.25) is 0 Å². The number of carboxylic acids is 1. The minimum Gasteiger partial charge on any atom is -0.478 e. The predicted molar refractivity (Wildman–Crippen MR) is 59.1 cm³/mol. The fraction of sp³-hybridized carbons (Fsp3) is 0. The van der Waals surface area contributed by atoms with Gasteiger partial charge in [-0.25, -0.2) is 4.79 Å². The number of hydrogen-bond donors (Lipinski definition) is 1. The van der Waals surface area contributed by atoms with Crippen molar-refractivity contribution in [2.45, 2.75) is 0 Å². The average Bonchev–Trinajstić information content (AvgIpc) is 2.35. The zero-order chi connectivity index (χ0) is 11.8. The summed E-state index contributed by atoms with van der Waals surface area (Å²) in [6.45, 7) is 0. The number of ether oxygens (including phenoxy) is 2. The second-order valence-corrected chi connectivity index (χ2v) is 3.53. The highest BCUT2D eigenvalue weighted by molar-refractivity contribution is 5.93. The summed E-state index contributed by atoms with van der Waals surface area (Å²) in [5.74, 6) is 0.106. The molecule has 0 amide bonds. The van der Waals surface area contributed by atoms with Gasteiger partial charge >= 0.3 is 5.97 Å². The van der Waals surface area contributed by atoms with Gasteiger partial charge in [-0.1, -0.05) is 0 Å². The number of benzene rings is 1. The summed E-state index contributed by atoms with van der Waals surface area (Å²) in [4.78, 5) is 14.9. The van der Waals surface area contributed by atoms with Crippen molar-refractivity contribution in [3.63, 3.8) is 0 Å². The van der Waals surface area contributed by atoms with Crippen LogP contribution in [0.3, 0.4) is 0 Å². The number of aromatic nitrogens is 1. The molecule has 1 aliphatic heterocycles. The lowest BCUT2D eigenvalue weighted by atomic mass is 10.1. The van der Waals surface area contributed by atoms with E-state index in [-0.39, 0.29) is 5.56 Å². The zero-order valence-electron chi connectivity index (χ0n) is 8.58. The molecule has 1 aromatic carbocycles. The number of fused-ring (bicyclic) bond motifs is 2. The van der Waals surface area contributed by atoms with Crippen molar-refractivity contribution >= 4 is 16.9 Å². The molecule has 1 aliphatic rings. The van der Waals surface area contributed by atoms with Crippen LogP contribution in [0.15, 0.2) is 36.9 Å². The fourth-order valence-electron chi connectivity index (χ4n) is 1.64. The Hall–Kier alpha value is -2.56. The van der Waals surface area contributed by atoms with Crippen LogP contribution in [0.4, 0.5) is 0 Å². The van der Waals surface area contributed by atoms with E-state index in [2.05, 4.69) is 4.98 Å². The minimum absolute atomic E-state index is 0.143. The number of rotatable bonds is 1. The van der Waals surface area contributed by atoms with Crippen LogP contribution in [0.25, 0.3) is 10.9 Å². The van der Waals surface area contributed by atoms with E-state index >= 15 is 0 Å². The average molecular weight is 229 g/mol. The third-order valence-corrected chi connectivity index (χ3v) is 2.44. The highest BCUT2D eigenvalue weighted by Gasteiger charge is 2.12. The van der Waals surface area contributed by atoms with Gasteiger partial charge in [-0.3, -0.25) is 4.98 Å². The summed E-state index contributed by atoms with van der Waals surface area (Å²) < 4.78 is 10.5. The smallest absolute Gasteiger partial charge is 0.337 e. The first-order valence-corrected chi connectivity index (χ1v) is 4.89. The molecule has 1 N–H and O–H groups in total. The monoisotopic (exact) mass is 229 g/mol. The molecule has 0 aliphatic carbocycles. The number of carbonyl (C=O) groups is 1. The SMILES string of the molecule is O=C(O)c1cnc2cc3c(cc2c1)OC=CO3. The first kappa shape index (κ1) is 9.65. The quantitative estimate of drug-likeness (QED) is 0.811. The molecule has 17 heavy (non-hydrogen) atoms. The molecule has 2 heterocycles. The summed E-state index contributed by atoms with van der Waals surface area (Å²) in [7, 11) is 0. The van der Waals surface area contributed by atoms with E-state index in [4.69, 9.17) is 14.6 Å². The number of hydrogen-bond acceptors (Lipinski definition) is 4. The van der Waals surface area contributed by atoms with Gasteiger partial charge in [0.05, 0.1) is 11.1 Å². The molecule has 2 aromatic rings. The van der Waals surface area contributed by atoms with E-state index in [1.807, 2.05) is 0 Å². The molecular formula is C12H7NO4. The summed E-state index contributed by atoms with van der Waals surface area (Å²) >= 11 is 0. The van der Waals surface area contributed by atoms with E-state index in [0.717, 1.165) is 0 Å². The van der Waals surface area contributed by atoms with Crippen molar-refractivity contribution in [3.05, 3.63) is 42.5 Å². The second-order valence-electron chi connectivity index (χ2n) is 3.53. The van der Waals surface area contributed by atoms with Crippen LogP contribution in [0.2, 0.25) is 0 Å². The van der Waals surface area contributed by atoms with E-state index in [1.54, 1.807) is 18.2 Å². The number of aromatic carboxylic acids is 1. The number of pyridine rings is 1. The predicted octanol–water partition coefficient (Wildman–Crippen LogP) is 2.18. The number of nitrogens with zero attached hydrogens (tertiary/aromatic N) is 1. The lowest BCUT2D eigenvalue weighted by Crippen LogP contribution is -1.99. The van der Waals surface area contributed by atoms with Gasteiger partial charge < -0.3 is 14.6 Å². The van der Waals surface area contributed by atoms with Crippen molar-refractivity contribution in [3.8, 4) is 11.5 Å². The maximum absolute atomic E-state index is 10.8. The van der Waals surface area contributed by atoms with Crippen molar-refractivity contribution in [2.24, 2.45) is 0 Å². The van der Waals surface area contributed by atoms with Crippen LogP contribution in [0, 0.1) is 0 Å². The molecule has 0 bridgehead atoms.